The first-order chi connectivity index (χ1) is 10.1. The third-order valence-electron chi connectivity index (χ3n) is 3.45. The van der Waals surface area contributed by atoms with E-state index in [0.29, 0.717) is 30.9 Å². The number of imidazole rings is 1. The van der Waals surface area contributed by atoms with Gasteiger partial charge in [-0.25, -0.2) is 14.5 Å². The molecule has 1 saturated heterocycles. The number of nitrogens with zero attached hydrogens (tertiary/aromatic N) is 5. The number of aromatic carboxylic acids is 1. The van der Waals surface area contributed by atoms with E-state index in [-0.39, 0.29) is 17.6 Å². The van der Waals surface area contributed by atoms with Crippen molar-refractivity contribution < 1.29 is 14.7 Å². The minimum atomic E-state index is -1.16. The fourth-order valence-electron chi connectivity index (χ4n) is 2.42. The monoisotopic (exact) mass is 290 g/mol. The molecule has 1 amide bonds. The highest BCUT2D eigenvalue weighted by Crippen LogP contribution is 2.21. The fraction of sp³-hybridized carbons (Fsp3) is 0.417. The first kappa shape index (κ1) is 13.3. The van der Waals surface area contributed by atoms with E-state index in [1.54, 1.807) is 24.0 Å². The maximum atomic E-state index is 11.3. The molecule has 9 heteroatoms. The molecule has 0 saturated carbocycles. The van der Waals surface area contributed by atoms with Crippen LogP contribution in [0, 0.1) is 0 Å². The van der Waals surface area contributed by atoms with Crippen molar-refractivity contribution in [2.24, 2.45) is 7.05 Å². The molecule has 2 aromatic rings. The second kappa shape index (κ2) is 5.00. The van der Waals surface area contributed by atoms with Crippen LogP contribution in [0.1, 0.15) is 23.3 Å². The van der Waals surface area contributed by atoms with E-state index in [2.05, 4.69) is 20.6 Å². The van der Waals surface area contributed by atoms with Crippen molar-refractivity contribution in [1.82, 2.24) is 29.9 Å². The smallest absolute Gasteiger partial charge is 0.358 e. The zero-order chi connectivity index (χ0) is 15.0. The number of rotatable bonds is 4. The van der Waals surface area contributed by atoms with Crippen LogP contribution < -0.4 is 5.32 Å². The number of carboxylic acids is 1. The molecule has 0 bridgehead atoms. The molecule has 0 aromatic carbocycles. The van der Waals surface area contributed by atoms with E-state index in [1.165, 1.54) is 4.68 Å². The Labute approximate surface area is 119 Å². The number of hydrogen-bond donors (Lipinski definition) is 2. The molecular weight excluding hydrogens is 276 g/mol. The fourth-order valence-corrected chi connectivity index (χ4v) is 2.42. The third-order valence-corrected chi connectivity index (χ3v) is 3.45. The van der Waals surface area contributed by atoms with E-state index < -0.39 is 5.97 Å². The Morgan fingerprint density at radius 3 is 2.95 bits per heavy atom. The van der Waals surface area contributed by atoms with Crippen LogP contribution in [0.5, 0.6) is 0 Å². The van der Waals surface area contributed by atoms with Gasteiger partial charge in [0.15, 0.2) is 5.82 Å². The highest BCUT2D eigenvalue weighted by Gasteiger charge is 2.27. The van der Waals surface area contributed by atoms with Crippen LogP contribution in [-0.4, -0.2) is 47.6 Å². The van der Waals surface area contributed by atoms with Crippen molar-refractivity contribution in [3.8, 4) is 11.5 Å². The summed E-state index contributed by atoms with van der Waals surface area (Å²) in [7, 11) is 1.77. The van der Waals surface area contributed by atoms with Crippen LogP contribution in [-0.2, 0) is 18.4 Å². The topological polar surface area (TPSA) is 115 Å². The molecule has 1 atom stereocenters. The van der Waals surface area contributed by atoms with Crippen molar-refractivity contribution in [3.05, 3.63) is 18.1 Å². The van der Waals surface area contributed by atoms with Crippen LogP contribution >= 0.6 is 0 Å². The molecule has 1 fully saturated rings. The lowest BCUT2D eigenvalue weighted by molar-refractivity contribution is -0.119. The van der Waals surface area contributed by atoms with Crippen molar-refractivity contribution in [3.63, 3.8) is 0 Å². The number of hydrogen-bond acceptors (Lipinski definition) is 5. The van der Waals surface area contributed by atoms with Gasteiger partial charge in [-0.2, -0.15) is 0 Å². The third kappa shape index (κ3) is 2.37. The van der Waals surface area contributed by atoms with Gasteiger partial charge in [-0.3, -0.25) is 4.79 Å². The van der Waals surface area contributed by atoms with Gasteiger partial charge in [0, 0.05) is 31.9 Å². The first-order valence-corrected chi connectivity index (χ1v) is 6.50. The minimum Gasteiger partial charge on any atom is -0.476 e. The molecular formula is C12H14N6O3. The molecule has 1 aliphatic rings. The van der Waals surface area contributed by atoms with Crippen molar-refractivity contribution in [2.75, 3.05) is 0 Å². The quantitative estimate of drug-likeness (QED) is 0.795. The summed E-state index contributed by atoms with van der Waals surface area (Å²) in [5.74, 6) is -0.687. The molecule has 3 rings (SSSR count). The minimum absolute atomic E-state index is 0.00267. The summed E-state index contributed by atoms with van der Waals surface area (Å²) >= 11 is 0. The molecule has 1 aliphatic heterocycles. The van der Waals surface area contributed by atoms with Crippen molar-refractivity contribution in [2.45, 2.75) is 25.4 Å². The zero-order valence-corrected chi connectivity index (χ0v) is 11.4. The second-order valence-corrected chi connectivity index (χ2v) is 4.94. The average molecular weight is 290 g/mol. The summed E-state index contributed by atoms with van der Waals surface area (Å²) in [5, 5.41) is 19.7. The highest BCUT2D eigenvalue weighted by atomic mass is 16.4. The predicted octanol–water partition coefficient (Wildman–Crippen LogP) is -0.345. The maximum Gasteiger partial charge on any atom is 0.358 e. The average Bonchev–Trinajstić information content (AvgIpc) is 3.11. The van der Waals surface area contributed by atoms with Crippen LogP contribution in [0.3, 0.4) is 0 Å². The van der Waals surface area contributed by atoms with E-state index in [0.717, 1.165) is 0 Å². The van der Waals surface area contributed by atoms with Gasteiger partial charge in [-0.15, -0.1) is 5.10 Å². The molecule has 2 aromatic heterocycles. The summed E-state index contributed by atoms with van der Waals surface area (Å²) in [5.41, 5.74) is 0.199. The molecule has 9 nitrogen and oxygen atoms in total. The van der Waals surface area contributed by atoms with Gasteiger partial charge in [0.05, 0.1) is 6.54 Å². The molecule has 0 radical (unpaired) electrons. The Kier molecular flexibility index (Phi) is 3.16. The first-order valence-electron chi connectivity index (χ1n) is 6.50. The summed E-state index contributed by atoms with van der Waals surface area (Å²) in [6.07, 6.45) is 4.47. The molecule has 3 heterocycles. The normalized spacial score (nSPS) is 18.0. The molecule has 0 aliphatic carbocycles. The highest BCUT2D eigenvalue weighted by molar-refractivity contribution is 5.91. The van der Waals surface area contributed by atoms with E-state index in [4.69, 9.17) is 0 Å². The maximum absolute atomic E-state index is 11.3. The lowest BCUT2D eigenvalue weighted by Crippen LogP contribution is -2.30. The Hall–Kier alpha value is -2.71. The SMILES string of the molecule is Cn1ccnc1-c1c(C(=O)O)nnn1CC1CCC(=O)N1. The summed E-state index contributed by atoms with van der Waals surface area (Å²) in [4.78, 5) is 26.7. The number of aryl methyl sites for hydroxylation is 1. The Balaban J connectivity index is 1.99. The van der Waals surface area contributed by atoms with Gasteiger partial charge in [0.1, 0.15) is 5.69 Å². The number of nitrogens with one attached hydrogen (secondary N) is 1. The summed E-state index contributed by atoms with van der Waals surface area (Å²) in [6, 6.07) is -0.0696. The van der Waals surface area contributed by atoms with Gasteiger partial charge >= 0.3 is 5.97 Å². The van der Waals surface area contributed by atoms with Crippen LogP contribution in [0.2, 0.25) is 0 Å². The summed E-state index contributed by atoms with van der Waals surface area (Å²) in [6.45, 7) is 0.369. The largest absolute Gasteiger partial charge is 0.476 e. The number of carboxylic acid groups (broad SMARTS) is 1. The van der Waals surface area contributed by atoms with E-state index in [9.17, 15) is 14.7 Å². The van der Waals surface area contributed by atoms with Crippen molar-refractivity contribution in [1.29, 1.82) is 0 Å². The second-order valence-electron chi connectivity index (χ2n) is 4.94. The van der Waals surface area contributed by atoms with Crippen LogP contribution in [0.15, 0.2) is 12.4 Å². The standard InChI is InChI=1S/C12H14N6O3/c1-17-5-4-13-11(17)10-9(12(20)21)15-16-18(10)6-7-2-3-8(19)14-7/h4-5,7H,2-3,6H2,1H3,(H,14,19)(H,20,21). The lowest BCUT2D eigenvalue weighted by Gasteiger charge is -2.12. The Morgan fingerprint density at radius 2 is 2.38 bits per heavy atom. The van der Waals surface area contributed by atoms with Gasteiger partial charge in [-0.1, -0.05) is 5.21 Å². The number of amides is 1. The zero-order valence-electron chi connectivity index (χ0n) is 11.4. The van der Waals surface area contributed by atoms with Crippen LogP contribution in [0.4, 0.5) is 0 Å². The van der Waals surface area contributed by atoms with Gasteiger partial charge in [0.25, 0.3) is 0 Å². The van der Waals surface area contributed by atoms with Crippen LogP contribution in [0.25, 0.3) is 11.5 Å². The predicted molar refractivity (Wildman–Crippen MR) is 70.3 cm³/mol. The molecule has 0 spiro atoms. The van der Waals surface area contributed by atoms with Gasteiger partial charge < -0.3 is 15.0 Å². The Bertz CT molecular complexity index is 704. The number of carbonyl (C=O) groups is 2. The van der Waals surface area contributed by atoms with E-state index in [1.807, 2.05) is 0 Å². The molecule has 21 heavy (non-hydrogen) atoms. The van der Waals surface area contributed by atoms with E-state index >= 15 is 0 Å². The molecule has 110 valence electrons. The number of carbonyl (C=O) groups excluding carboxylic acids is 1. The molecule has 1 unspecified atom stereocenters. The van der Waals surface area contributed by atoms with Gasteiger partial charge in [0.2, 0.25) is 11.6 Å². The van der Waals surface area contributed by atoms with Gasteiger partial charge in [-0.05, 0) is 6.42 Å². The lowest BCUT2D eigenvalue weighted by atomic mass is 10.2. The number of aromatic nitrogens is 5. The molecule has 2 N–H and O–H groups in total. The Morgan fingerprint density at radius 1 is 1.57 bits per heavy atom. The summed E-state index contributed by atoms with van der Waals surface area (Å²) < 4.78 is 3.19. The van der Waals surface area contributed by atoms with Crippen molar-refractivity contribution >= 4 is 11.9 Å².